The zero-order chi connectivity index (χ0) is 14.3. The standard InChI is InChI=1S/C14H11ClN2O3/c1-2-8-5-11-14(7-12(8)17(18)19)20-13-6-9(15)3-4-10(13)16-11/h3-7,16H,2H2,1H3. The minimum atomic E-state index is -0.393. The minimum absolute atomic E-state index is 0.0681. The van der Waals surface area contributed by atoms with Crippen molar-refractivity contribution in [2.24, 2.45) is 0 Å². The van der Waals surface area contributed by atoms with Gasteiger partial charge in [0.15, 0.2) is 11.5 Å². The summed E-state index contributed by atoms with van der Waals surface area (Å²) in [5, 5.41) is 14.8. The predicted molar refractivity (Wildman–Crippen MR) is 77.3 cm³/mol. The number of nitrogens with zero attached hydrogens (tertiary/aromatic N) is 1. The van der Waals surface area contributed by atoms with Gasteiger partial charge in [0.05, 0.1) is 22.4 Å². The van der Waals surface area contributed by atoms with E-state index < -0.39 is 4.92 Å². The van der Waals surface area contributed by atoms with Crippen LogP contribution in [0.25, 0.3) is 0 Å². The van der Waals surface area contributed by atoms with Gasteiger partial charge in [-0.05, 0) is 24.6 Å². The summed E-state index contributed by atoms with van der Waals surface area (Å²) in [6, 6.07) is 8.45. The normalized spacial score (nSPS) is 11.9. The molecule has 0 radical (unpaired) electrons. The van der Waals surface area contributed by atoms with E-state index >= 15 is 0 Å². The number of ether oxygens (including phenoxy) is 1. The minimum Gasteiger partial charge on any atom is -0.453 e. The SMILES string of the molecule is CCc1cc2c(cc1[N+](=O)[O-])Oc1cc(Cl)ccc1N2. The van der Waals surface area contributed by atoms with E-state index in [1.165, 1.54) is 6.07 Å². The van der Waals surface area contributed by atoms with Crippen LogP contribution < -0.4 is 10.1 Å². The molecule has 0 aromatic heterocycles. The molecule has 102 valence electrons. The van der Waals surface area contributed by atoms with Gasteiger partial charge in [0, 0.05) is 16.7 Å². The van der Waals surface area contributed by atoms with Crippen molar-refractivity contribution >= 4 is 28.7 Å². The molecule has 0 atom stereocenters. The maximum absolute atomic E-state index is 11.1. The number of hydrogen-bond acceptors (Lipinski definition) is 4. The van der Waals surface area contributed by atoms with Gasteiger partial charge in [-0.1, -0.05) is 18.5 Å². The number of nitrogens with one attached hydrogen (secondary N) is 1. The first-order chi connectivity index (χ1) is 9.58. The first-order valence-electron chi connectivity index (χ1n) is 6.14. The van der Waals surface area contributed by atoms with Crippen LogP contribution in [-0.2, 0) is 6.42 Å². The van der Waals surface area contributed by atoms with Crippen molar-refractivity contribution in [1.82, 2.24) is 0 Å². The maximum Gasteiger partial charge on any atom is 0.276 e. The van der Waals surface area contributed by atoms with Crippen molar-refractivity contribution in [3.8, 4) is 11.5 Å². The van der Waals surface area contributed by atoms with Crippen LogP contribution in [0.3, 0.4) is 0 Å². The average molecular weight is 291 g/mol. The molecule has 1 aliphatic rings. The van der Waals surface area contributed by atoms with Crippen LogP contribution in [0.5, 0.6) is 11.5 Å². The molecule has 0 saturated heterocycles. The number of anilines is 2. The Hall–Kier alpha value is -2.27. The molecular weight excluding hydrogens is 280 g/mol. The number of hydrogen-bond donors (Lipinski definition) is 1. The van der Waals surface area contributed by atoms with Crippen molar-refractivity contribution < 1.29 is 9.66 Å². The van der Waals surface area contributed by atoms with Crippen LogP contribution in [-0.4, -0.2) is 4.92 Å². The summed E-state index contributed by atoms with van der Waals surface area (Å²) in [5.41, 5.74) is 2.25. The van der Waals surface area contributed by atoms with E-state index in [4.69, 9.17) is 16.3 Å². The van der Waals surface area contributed by atoms with Gasteiger partial charge in [-0.3, -0.25) is 10.1 Å². The Morgan fingerprint density at radius 2 is 2.00 bits per heavy atom. The Morgan fingerprint density at radius 1 is 1.25 bits per heavy atom. The van der Waals surface area contributed by atoms with Crippen molar-refractivity contribution in [1.29, 1.82) is 0 Å². The molecule has 3 rings (SSSR count). The molecule has 2 aromatic rings. The fourth-order valence-electron chi connectivity index (χ4n) is 2.20. The quantitative estimate of drug-likeness (QED) is 0.550. The maximum atomic E-state index is 11.1. The second-order valence-corrected chi connectivity index (χ2v) is 4.89. The predicted octanol–water partition coefficient (Wildman–Crippen LogP) is 4.66. The zero-order valence-corrected chi connectivity index (χ0v) is 11.4. The van der Waals surface area contributed by atoms with E-state index in [1.807, 2.05) is 13.0 Å². The highest BCUT2D eigenvalue weighted by Gasteiger charge is 2.23. The Labute approximate surface area is 120 Å². The molecule has 1 N–H and O–H groups in total. The van der Waals surface area contributed by atoms with Gasteiger partial charge in [0.2, 0.25) is 0 Å². The molecule has 6 heteroatoms. The molecular formula is C14H11ClN2O3. The summed E-state index contributed by atoms with van der Waals surface area (Å²) in [7, 11) is 0. The second-order valence-electron chi connectivity index (χ2n) is 4.46. The first-order valence-corrected chi connectivity index (χ1v) is 6.52. The van der Waals surface area contributed by atoms with Crippen LogP contribution in [0.15, 0.2) is 30.3 Å². The van der Waals surface area contributed by atoms with Crippen molar-refractivity contribution in [2.75, 3.05) is 5.32 Å². The summed E-state index contributed by atoms with van der Waals surface area (Å²) < 4.78 is 5.70. The third kappa shape index (κ3) is 2.06. The molecule has 0 saturated carbocycles. The fourth-order valence-corrected chi connectivity index (χ4v) is 2.36. The molecule has 0 aliphatic carbocycles. The lowest BCUT2D eigenvalue weighted by molar-refractivity contribution is -0.385. The van der Waals surface area contributed by atoms with Crippen LogP contribution >= 0.6 is 11.6 Å². The Bertz CT molecular complexity index is 716. The lowest BCUT2D eigenvalue weighted by Gasteiger charge is -2.22. The highest BCUT2D eigenvalue weighted by atomic mass is 35.5. The molecule has 5 nitrogen and oxygen atoms in total. The van der Waals surface area contributed by atoms with Gasteiger partial charge >= 0.3 is 0 Å². The number of halogens is 1. The smallest absolute Gasteiger partial charge is 0.276 e. The summed E-state index contributed by atoms with van der Waals surface area (Å²) in [6.45, 7) is 1.88. The van der Waals surface area contributed by atoms with Gasteiger partial charge in [0.1, 0.15) is 0 Å². The molecule has 1 heterocycles. The number of rotatable bonds is 2. The Kier molecular flexibility index (Phi) is 2.99. The van der Waals surface area contributed by atoms with Gasteiger partial charge in [-0.25, -0.2) is 0 Å². The first kappa shape index (κ1) is 12.7. The summed E-state index contributed by atoms with van der Waals surface area (Å²) in [6.07, 6.45) is 0.582. The molecule has 1 aliphatic heterocycles. The Morgan fingerprint density at radius 3 is 2.70 bits per heavy atom. The lowest BCUT2D eigenvalue weighted by atomic mass is 10.1. The van der Waals surface area contributed by atoms with Crippen molar-refractivity contribution in [3.05, 3.63) is 51.0 Å². The third-order valence-corrected chi connectivity index (χ3v) is 3.43. The molecule has 0 unspecified atom stereocenters. The molecule has 0 fully saturated rings. The van der Waals surface area contributed by atoms with E-state index in [-0.39, 0.29) is 5.69 Å². The lowest BCUT2D eigenvalue weighted by Crippen LogP contribution is -2.05. The average Bonchev–Trinajstić information content (AvgIpc) is 2.43. The van der Waals surface area contributed by atoms with E-state index in [2.05, 4.69) is 5.32 Å². The van der Waals surface area contributed by atoms with Crippen molar-refractivity contribution in [2.45, 2.75) is 13.3 Å². The molecule has 0 bridgehead atoms. The summed E-state index contributed by atoms with van der Waals surface area (Å²) in [5.74, 6) is 0.993. The zero-order valence-electron chi connectivity index (χ0n) is 10.6. The fraction of sp³-hybridized carbons (Fsp3) is 0.143. The highest BCUT2D eigenvalue weighted by molar-refractivity contribution is 6.30. The van der Waals surface area contributed by atoms with Crippen LogP contribution in [0.1, 0.15) is 12.5 Å². The van der Waals surface area contributed by atoms with E-state index in [0.717, 1.165) is 11.4 Å². The van der Waals surface area contributed by atoms with Crippen molar-refractivity contribution in [3.63, 3.8) is 0 Å². The van der Waals surface area contributed by atoms with E-state index in [1.54, 1.807) is 18.2 Å². The largest absolute Gasteiger partial charge is 0.453 e. The van der Waals surface area contributed by atoms with E-state index in [9.17, 15) is 10.1 Å². The molecule has 20 heavy (non-hydrogen) atoms. The topological polar surface area (TPSA) is 64.4 Å². The number of nitro groups is 1. The monoisotopic (exact) mass is 290 g/mol. The third-order valence-electron chi connectivity index (χ3n) is 3.19. The van der Waals surface area contributed by atoms with Gasteiger partial charge < -0.3 is 10.1 Å². The summed E-state index contributed by atoms with van der Waals surface area (Å²) >= 11 is 5.92. The second kappa shape index (κ2) is 4.68. The highest BCUT2D eigenvalue weighted by Crippen LogP contribution is 2.45. The number of nitro benzene ring substituents is 1. The van der Waals surface area contributed by atoms with Crippen LogP contribution in [0, 0.1) is 10.1 Å². The van der Waals surface area contributed by atoms with Crippen LogP contribution in [0.2, 0.25) is 5.02 Å². The number of benzene rings is 2. The molecule has 2 aromatic carbocycles. The van der Waals surface area contributed by atoms with Gasteiger partial charge in [-0.2, -0.15) is 0 Å². The molecule has 0 spiro atoms. The van der Waals surface area contributed by atoms with Crippen LogP contribution in [0.4, 0.5) is 17.1 Å². The number of aryl methyl sites for hydroxylation is 1. The molecule has 0 amide bonds. The Balaban J connectivity index is 2.10. The summed E-state index contributed by atoms with van der Waals surface area (Å²) in [4.78, 5) is 10.7. The van der Waals surface area contributed by atoms with Gasteiger partial charge in [0.25, 0.3) is 5.69 Å². The number of fused-ring (bicyclic) bond motifs is 2. The van der Waals surface area contributed by atoms with Gasteiger partial charge in [-0.15, -0.1) is 0 Å². The van der Waals surface area contributed by atoms with E-state index in [0.29, 0.717) is 28.5 Å².